The fourth-order valence-electron chi connectivity index (χ4n) is 5.54. The Labute approximate surface area is 109 Å². The topological polar surface area (TPSA) is 0 Å². The van der Waals surface area contributed by atoms with Gasteiger partial charge >= 0.3 is 0 Å². The number of rotatable bonds is 4. The minimum absolute atomic E-state index is 0.601. The molecule has 4 unspecified atom stereocenters. The zero-order valence-corrected chi connectivity index (χ0v) is 12.8. The van der Waals surface area contributed by atoms with Crippen LogP contribution in [-0.2, 0) is 0 Å². The number of hydrogen-bond acceptors (Lipinski definition) is 0. The van der Waals surface area contributed by atoms with Gasteiger partial charge in [-0.05, 0) is 47.3 Å². The summed E-state index contributed by atoms with van der Waals surface area (Å²) in [6.07, 6.45) is 7.18. The van der Waals surface area contributed by atoms with Crippen LogP contribution in [0.3, 0.4) is 0 Å². The lowest BCUT2D eigenvalue weighted by Crippen LogP contribution is -2.28. The molecule has 2 aliphatic carbocycles. The quantitative estimate of drug-likeness (QED) is 0.603. The second-order valence-electron chi connectivity index (χ2n) is 7.69. The van der Waals surface area contributed by atoms with Crippen molar-refractivity contribution in [3.05, 3.63) is 0 Å². The fraction of sp³-hybridized carbons (Fsp3) is 1.00. The van der Waals surface area contributed by atoms with Gasteiger partial charge in [-0.25, -0.2) is 0 Å². The summed E-state index contributed by atoms with van der Waals surface area (Å²) in [4.78, 5) is 0. The third-order valence-electron chi connectivity index (χ3n) is 6.69. The molecule has 0 aliphatic heterocycles. The van der Waals surface area contributed by atoms with E-state index in [4.69, 9.17) is 0 Å². The summed E-state index contributed by atoms with van der Waals surface area (Å²) in [7, 11) is 0. The van der Waals surface area contributed by atoms with Crippen LogP contribution in [0.1, 0.15) is 73.6 Å². The summed E-state index contributed by atoms with van der Waals surface area (Å²) in [5, 5.41) is 0. The molecule has 4 atom stereocenters. The zero-order chi connectivity index (χ0) is 12.8. The van der Waals surface area contributed by atoms with E-state index in [-0.39, 0.29) is 0 Å². The molecule has 0 N–H and O–H groups in total. The Balaban J connectivity index is 2.16. The van der Waals surface area contributed by atoms with E-state index in [0.29, 0.717) is 10.8 Å². The van der Waals surface area contributed by atoms with Crippen LogP contribution >= 0.6 is 0 Å². The molecular formula is C17H32. The van der Waals surface area contributed by atoms with Crippen molar-refractivity contribution in [3.63, 3.8) is 0 Å². The van der Waals surface area contributed by atoms with Crippen LogP contribution in [0.5, 0.6) is 0 Å². The maximum absolute atomic E-state index is 2.61. The van der Waals surface area contributed by atoms with Crippen molar-refractivity contribution in [1.29, 1.82) is 0 Å². The molecule has 2 saturated carbocycles. The molecule has 0 aromatic carbocycles. The lowest BCUT2D eigenvalue weighted by molar-refractivity contribution is 0.140. The van der Waals surface area contributed by atoms with Crippen LogP contribution < -0.4 is 0 Å². The molecule has 0 nitrogen and oxygen atoms in total. The SMILES string of the molecule is CCC(CC)C1C(C)C1(C)C1CCCC1(C)C. The fourth-order valence-corrected chi connectivity index (χ4v) is 5.54. The van der Waals surface area contributed by atoms with Crippen LogP contribution in [0.4, 0.5) is 0 Å². The molecule has 0 heteroatoms. The predicted molar refractivity (Wildman–Crippen MR) is 76.0 cm³/mol. The molecule has 17 heavy (non-hydrogen) atoms. The first-order valence-electron chi connectivity index (χ1n) is 7.89. The molecule has 0 saturated heterocycles. The molecule has 0 bridgehead atoms. The summed E-state index contributed by atoms with van der Waals surface area (Å²) < 4.78 is 0. The van der Waals surface area contributed by atoms with E-state index in [1.807, 2.05) is 0 Å². The summed E-state index contributed by atoms with van der Waals surface area (Å²) in [5.74, 6) is 3.94. The molecular weight excluding hydrogens is 204 g/mol. The summed E-state index contributed by atoms with van der Waals surface area (Å²) in [5.41, 5.74) is 1.26. The van der Waals surface area contributed by atoms with Gasteiger partial charge in [-0.15, -0.1) is 0 Å². The molecule has 2 rings (SSSR count). The van der Waals surface area contributed by atoms with Gasteiger partial charge in [-0.2, -0.15) is 0 Å². The Kier molecular flexibility index (Phi) is 3.38. The third-order valence-corrected chi connectivity index (χ3v) is 6.69. The van der Waals surface area contributed by atoms with E-state index >= 15 is 0 Å². The molecule has 2 aliphatic rings. The molecule has 0 radical (unpaired) electrons. The molecule has 0 aromatic rings. The van der Waals surface area contributed by atoms with Gasteiger partial charge in [-0.1, -0.05) is 60.8 Å². The maximum atomic E-state index is 2.61. The van der Waals surface area contributed by atoms with Gasteiger partial charge < -0.3 is 0 Å². The average molecular weight is 236 g/mol. The van der Waals surface area contributed by atoms with Gasteiger partial charge in [0.25, 0.3) is 0 Å². The Morgan fingerprint density at radius 2 is 1.71 bits per heavy atom. The largest absolute Gasteiger partial charge is 0.0651 e. The summed E-state index contributed by atoms with van der Waals surface area (Å²) in [6.45, 7) is 14.9. The highest BCUT2D eigenvalue weighted by Crippen LogP contribution is 2.72. The second kappa shape index (κ2) is 4.28. The standard InChI is InChI=1S/C17H32/c1-7-13(8-2)15-12(3)17(15,6)14-10-9-11-16(14,4)5/h12-15H,7-11H2,1-6H3. The first-order valence-corrected chi connectivity index (χ1v) is 7.89. The molecule has 0 heterocycles. The van der Waals surface area contributed by atoms with E-state index in [1.165, 1.54) is 32.1 Å². The van der Waals surface area contributed by atoms with Gasteiger partial charge in [0.2, 0.25) is 0 Å². The molecule has 0 aromatic heterocycles. The van der Waals surface area contributed by atoms with E-state index in [0.717, 1.165) is 23.7 Å². The molecule has 100 valence electrons. The normalized spacial score (nSPS) is 44.3. The Morgan fingerprint density at radius 1 is 1.12 bits per heavy atom. The van der Waals surface area contributed by atoms with Gasteiger partial charge in [-0.3, -0.25) is 0 Å². The lowest BCUT2D eigenvalue weighted by Gasteiger charge is -2.35. The molecule has 2 fully saturated rings. The first-order chi connectivity index (χ1) is 7.89. The van der Waals surface area contributed by atoms with Crippen molar-refractivity contribution >= 4 is 0 Å². The van der Waals surface area contributed by atoms with Gasteiger partial charge in [0.05, 0.1) is 0 Å². The highest BCUT2D eigenvalue weighted by Gasteiger charge is 2.66. The highest BCUT2D eigenvalue weighted by atomic mass is 14.7. The minimum Gasteiger partial charge on any atom is -0.0651 e. The second-order valence-corrected chi connectivity index (χ2v) is 7.69. The van der Waals surface area contributed by atoms with Gasteiger partial charge in [0.15, 0.2) is 0 Å². The van der Waals surface area contributed by atoms with E-state index < -0.39 is 0 Å². The molecule has 0 amide bonds. The Morgan fingerprint density at radius 3 is 2.12 bits per heavy atom. The van der Waals surface area contributed by atoms with Crippen LogP contribution in [-0.4, -0.2) is 0 Å². The van der Waals surface area contributed by atoms with Crippen LogP contribution in [0.25, 0.3) is 0 Å². The first kappa shape index (κ1) is 13.4. The van der Waals surface area contributed by atoms with Crippen molar-refractivity contribution in [1.82, 2.24) is 0 Å². The van der Waals surface area contributed by atoms with Crippen molar-refractivity contribution < 1.29 is 0 Å². The van der Waals surface area contributed by atoms with Crippen molar-refractivity contribution in [2.75, 3.05) is 0 Å². The Hall–Kier alpha value is 0. The maximum Gasteiger partial charge on any atom is -0.0230 e. The van der Waals surface area contributed by atoms with Gasteiger partial charge in [0, 0.05) is 0 Å². The average Bonchev–Trinajstić information content (AvgIpc) is 2.64. The summed E-state index contributed by atoms with van der Waals surface area (Å²) >= 11 is 0. The smallest absolute Gasteiger partial charge is 0.0230 e. The zero-order valence-electron chi connectivity index (χ0n) is 12.8. The third kappa shape index (κ3) is 1.87. The van der Waals surface area contributed by atoms with Crippen LogP contribution in [0.2, 0.25) is 0 Å². The summed E-state index contributed by atoms with van der Waals surface area (Å²) in [6, 6.07) is 0. The molecule has 0 spiro atoms. The van der Waals surface area contributed by atoms with Crippen molar-refractivity contribution in [3.8, 4) is 0 Å². The predicted octanol–water partition coefficient (Wildman–Crippen LogP) is 5.52. The number of hydrogen-bond donors (Lipinski definition) is 0. The highest BCUT2D eigenvalue weighted by molar-refractivity contribution is 5.14. The lowest BCUT2D eigenvalue weighted by atomic mass is 9.70. The van der Waals surface area contributed by atoms with Crippen molar-refractivity contribution in [2.45, 2.75) is 73.6 Å². The minimum atomic E-state index is 0.601. The Bertz CT molecular complexity index is 274. The van der Waals surface area contributed by atoms with Gasteiger partial charge in [0.1, 0.15) is 0 Å². The van der Waals surface area contributed by atoms with Crippen molar-refractivity contribution in [2.24, 2.45) is 34.5 Å². The van der Waals surface area contributed by atoms with E-state index in [9.17, 15) is 0 Å². The van der Waals surface area contributed by atoms with Crippen LogP contribution in [0, 0.1) is 34.5 Å². The monoisotopic (exact) mass is 236 g/mol. The van der Waals surface area contributed by atoms with E-state index in [1.54, 1.807) is 0 Å². The van der Waals surface area contributed by atoms with E-state index in [2.05, 4.69) is 41.5 Å². The van der Waals surface area contributed by atoms with Crippen LogP contribution in [0.15, 0.2) is 0 Å².